The smallest absolute Gasteiger partial charge is 0.283 e. The van der Waals surface area contributed by atoms with E-state index in [0.717, 1.165) is 23.9 Å². The Bertz CT molecular complexity index is 799. The van der Waals surface area contributed by atoms with E-state index < -0.39 is 34.0 Å². The summed E-state index contributed by atoms with van der Waals surface area (Å²) in [6, 6.07) is 5.23. The minimum Gasteiger partial charge on any atom is -0.319 e. The molecule has 0 bridgehead atoms. The monoisotopic (exact) mass is 342 g/mol. The lowest BCUT2D eigenvalue weighted by atomic mass is 10.2. The number of nitrogens with zero attached hydrogens (tertiary/aromatic N) is 1. The van der Waals surface area contributed by atoms with Crippen LogP contribution in [-0.2, 0) is 0 Å². The molecule has 1 amide bonds. The van der Waals surface area contributed by atoms with Crippen molar-refractivity contribution in [2.75, 3.05) is 11.6 Å². The van der Waals surface area contributed by atoms with E-state index in [1.165, 1.54) is 12.1 Å². The molecule has 0 aliphatic rings. The van der Waals surface area contributed by atoms with Gasteiger partial charge in [0.2, 0.25) is 0 Å². The lowest BCUT2D eigenvalue weighted by Gasteiger charge is -2.08. The standard InChI is InChI=1S/C14H9F3N2O3S/c1-23-11-5-2-7(6-10(11)19(21)22)14(20)18-9-4-3-8(15)12(16)13(9)17/h2-6H,1H3,(H,18,20). The number of nitrogens with one attached hydrogen (secondary N) is 1. The summed E-state index contributed by atoms with van der Waals surface area (Å²) in [5.74, 6) is -5.54. The van der Waals surface area contributed by atoms with E-state index >= 15 is 0 Å². The van der Waals surface area contributed by atoms with Crippen LogP contribution in [-0.4, -0.2) is 17.1 Å². The second-order valence-electron chi connectivity index (χ2n) is 4.32. The van der Waals surface area contributed by atoms with Gasteiger partial charge in [-0.05, 0) is 30.5 Å². The minimum atomic E-state index is -1.72. The van der Waals surface area contributed by atoms with Gasteiger partial charge in [0, 0.05) is 11.6 Å². The zero-order valence-electron chi connectivity index (χ0n) is 11.6. The van der Waals surface area contributed by atoms with Crippen LogP contribution in [0.25, 0.3) is 0 Å². The second kappa shape index (κ2) is 6.69. The van der Waals surface area contributed by atoms with Gasteiger partial charge in [0.1, 0.15) is 0 Å². The highest BCUT2D eigenvalue weighted by Crippen LogP contribution is 2.29. The van der Waals surface area contributed by atoms with Crippen LogP contribution in [0.3, 0.4) is 0 Å². The van der Waals surface area contributed by atoms with E-state index in [0.29, 0.717) is 11.0 Å². The van der Waals surface area contributed by atoms with Crippen molar-refractivity contribution in [3.63, 3.8) is 0 Å². The SMILES string of the molecule is CSc1ccc(C(=O)Nc2ccc(F)c(F)c2F)cc1[N+](=O)[O-]. The highest BCUT2D eigenvalue weighted by atomic mass is 32.2. The molecule has 0 heterocycles. The first-order valence-electron chi connectivity index (χ1n) is 6.12. The first-order chi connectivity index (χ1) is 10.8. The minimum absolute atomic E-state index is 0.112. The topological polar surface area (TPSA) is 72.2 Å². The average molecular weight is 342 g/mol. The fourth-order valence-electron chi connectivity index (χ4n) is 1.79. The molecule has 0 aliphatic heterocycles. The van der Waals surface area contributed by atoms with Crippen molar-refractivity contribution in [1.82, 2.24) is 0 Å². The van der Waals surface area contributed by atoms with Gasteiger partial charge in [-0.3, -0.25) is 14.9 Å². The summed E-state index contributed by atoms with van der Waals surface area (Å²) in [6.45, 7) is 0. The molecular weight excluding hydrogens is 333 g/mol. The molecule has 0 unspecified atom stereocenters. The zero-order chi connectivity index (χ0) is 17.1. The number of carbonyl (C=O) groups is 1. The van der Waals surface area contributed by atoms with Crippen molar-refractivity contribution < 1.29 is 22.9 Å². The maximum absolute atomic E-state index is 13.5. The van der Waals surface area contributed by atoms with Crippen molar-refractivity contribution in [1.29, 1.82) is 0 Å². The van der Waals surface area contributed by atoms with E-state index in [4.69, 9.17) is 0 Å². The second-order valence-corrected chi connectivity index (χ2v) is 5.17. The molecule has 0 spiro atoms. The molecule has 120 valence electrons. The van der Waals surface area contributed by atoms with Gasteiger partial charge >= 0.3 is 0 Å². The number of hydrogen-bond acceptors (Lipinski definition) is 4. The molecule has 9 heteroatoms. The molecule has 0 radical (unpaired) electrons. The van der Waals surface area contributed by atoms with Crippen LogP contribution in [0.4, 0.5) is 24.5 Å². The number of nitro groups is 1. The van der Waals surface area contributed by atoms with Crippen LogP contribution in [0.5, 0.6) is 0 Å². The Morgan fingerprint density at radius 1 is 1.17 bits per heavy atom. The number of thioether (sulfide) groups is 1. The van der Waals surface area contributed by atoms with Crippen LogP contribution in [0.2, 0.25) is 0 Å². The Kier molecular flexibility index (Phi) is 4.89. The average Bonchev–Trinajstić information content (AvgIpc) is 2.54. The molecular formula is C14H9F3N2O3S. The van der Waals surface area contributed by atoms with Crippen LogP contribution < -0.4 is 5.32 Å². The third-order valence-electron chi connectivity index (χ3n) is 2.92. The van der Waals surface area contributed by atoms with Gasteiger partial charge < -0.3 is 5.32 Å². The number of amides is 1. The van der Waals surface area contributed by atoms with E-state index in [-0.39, 0.29) is 11.3 Å². The Labute approximate surface area is 132 Å². The number of rotatable bonds is 4. The van der Waals surface area contributed by atoms with Crippen molar-refractivity contribution >= 4 is 29.0 Å². The molecule has 1 N–H and O–H groups in total. The number of hydrogen-bond donors (Lipinski definition) is 1. The quantitative estimate of drug-likeness (QED) is 0.395. The van der Waals surface area contributed by atoms with Gasteiger partial charge in [-0.15, -0.1) is 11.8 Å². The molecule has 0 atom stereocenters. The van der Waals surface area contributed by atoms with Crippen LogP contribution >= 0.6 is 11.8 Å². The van der Waals surface area contributed by atoms with Gasteiger partial charge in [0.15, 0.2) is 17.5 Å². The molecule has 0 aliphatic carbocycles. The highest BCUT2D eigenvalue weighted by molar-refractivity contribution is 7.98. The van der Waals surface area contributed by atoms with E-state index in [1.54, 1.807) is 6.26 Å². The predicted octanol–water partition coefficient (Wildman–Crippen LogP) is 3.99. The van der Waals surface area contributed by atoms with Gasteiger partial charge in [0.25, 0.3) is 11.6 Å². The van der Waals surface area contributed by atoms with E-state index in [1.807, 2.05) is 5.32 Å². The van der Waals surface area contributed by atoms with Crippen molar-refractivity contribution in [2.24, 2.45) is 0 Å². The third-order valence-corrected chi connectivity index (χ3v) is 3.71. The first kappa shape index (κ1) is 16.8. The molecule has 2 aromatic carbocycles. The van der Waals surface area contributed by atoms with E-state index in [9.17, 15) is 28.1 Å². The fourth-order valence-corrected chi connectivity index (χ4v) is 2.34. The first-order valence-corrected chi connectivity index (χ1v) is 7.35. The summed E-state index contributed by atoms with van der Waals surface area (Å²) in [5, 5.41) is 13.0. The van der Waals surface area contributed by atoms with Gasteiger partial charge in [0.05, 0.1) is 15.5 Å². The number of carbonyl (C=O) groups excluding carboxylic acids is 1. The number of anilines is 1. The lowest BCUT2D eigenvalue weighted by molar-refractivity contribution is -0.387. The number of halogens is 3. The predicted molar refractivity (Wildman–Crippen MR) is 79.1 cm³/mol. The Hall–Kier alpha value is -2.55. The van der Waals surface area contributed by atoms with Crippen molar-refractivity contribution in [3.05, 3.63) is 63.5 Å². The largest absolute Gasteiger partial charge is 0.319 e. The summed E-state index contributed by atoms with van der Waals surface area (Å²) in [6.07, 6.45) is 1.64. The number of benzene rings is 2. The van der Waals surface area contributed by atoms with Crippen molar-refractivity contribution in [2.45, 2.75) is 4.90 Å². The van der Waals surface area contributed by atoms with Gasteiger partial charge in [-0.1, -0.05) is 0 Å². The molecule has 23 heavy (non-hydrogen) atoms. The van der Waals surface area contributed by atoms with E-state index in [2.05, 4.69) is 0 Å². The Morgan fingerprint density at radius 3 is 2.48 bits per heavy atom. The Morgan fingerprint density at radius 2 is 1.87 bits per heavy atom. The fraction of sp³-hybridized carbons (Fsp3) is 0.0714. The summed E-state index contributed by atoms with van der Waals surface area (Å²) < 4.78 is 39.5. The zero-order valence-corrected chi connectivity index (χ0v) is 12.4. The molecule has 2 rings (SSSR count). The lowest BCUT2D eigenvalue weighted by Crippen LogP contribution is -2.14. The highest BCUT2D eigenvalue weighted by Gasteiger charge is 2.19. The molecule has 2 aromatic rings. The third kappa shape index (κ3) is 3.45. The molecule has 0 saturated carbocycles. The summed E-state index contributed by atoms with van der Waals surface area (Å²) >= 11 is 1.13. The maximum atomic E-state index is 13.5. The molecule has 5 nitrogen and oxygen atoms in total. The van der Waals surface area contributed by atoms with Crippen LogP contribution in [0, 0.1) is 27.6 Å². The Balaban J connectivity index is 2.33. The van der Waals surface area contributed by atoms with Crippen LogP contribution in [0.1, 0.15) is 10.4 Å². The molecule has 0 fully saturated rings. The summed E-state index contributed by atoms with van der Waals surface area (Å²) in [7, 11) is 0. The summed E-state index contributed by atoms with van der Waals surface area (Å²) in [5.41, 5.74) is -0.958. The maximum Gasteiger partial charge on any atom is 0.283 e. The molecule has 0 saturated heterocycles. The number of nitro benzene ring substituents is 1. The van der Waals surface area contributed by atoms with Crippen LogP contribution in [0.15, 0.2) is 35.2 Å². The van der Waals surface area contributed by atoms with Gasteiger partial charge in [-0.2, -0.15) is 0 Å². The molecule has 0 aromatic heterocycles. The normalized spacial score (nSPS) is 10.4. The summed E-state index contributed by atoms with van der Waals surface area (Å²) in [4.78, 5) is 22.7. The van der Waals surface area contributed by atoms with Crippen molar-refractivity contribution in [3.8, 4) is 0 Å². The van der Waals surface area contributed by atoms with Gasteiger partial charge in [-0.25, -0.2) is 13.2 Å².